The van der Waals surface area contributed by atoms with Gasteiger partial charge in [0.2, 0.25) is 0 Å². The Balaban J connectivity index is 1.92. The summed E-state index contributed by atoms with van der Waals surface area (Å²) in [5.74, 6) is 2.14. The molecular weight excluding hydrogens is 601 g/mol. The minimum absolute atomic E-state index is 0.0186. The Labute approximate surface area is 287 Å². The molecule has 6 atom stereocenters. The van der Waals surface area contributed by atoms with E-state index in [9.17, 15) is 10.2 Å². The Morgan fingerprint density at radius 3 is 1.91 bits per heavy atom. The zero-order valence-corrected chi connectivity index (χ0v) is 34.6. The van der Waals surface area contributed by atoms with Crippen LogP contribution in [0.4, 0.5) is 0 Å². The summed E-state index contributed by atoms with van der Waals surface area (Å²) < 4.78 is 14.3. The van der Waals surface area contributed by atoms with E-state index in [1.165, 1.54) is 44.1 Å². The van der Waals surface area contributed by atoms with Gasteiger partial charge in [-0.3, -0.25) is 0 Å². The SMILES string of the molecule is C[C@@H](CCCC(C)(C)O)C1CCC2C(=CC=C3C[C@@H](O[Si](C)(C)C(C)(C)C)C(=CCO)[C@H](O[Si](C)(C)C(C)(C)C)C3)CCCC21C. The van der Waals surface area contributed by atoms with Gasteiger partial charge in [-0.1, -0.05) is 97.6 Å². The third-order valence-electron chi connectivity index (χ3n) is 13.2. The molecule has 3 fully saturated rings. The third-order valence-corrected chi connectivity index (χ3v) is 22.1. The average Bonchev–Trinajstić information content (AvgIpc) is 3.24. The van der Waals surface area contributed by atoms with Crippen LogP contribution in [0.25, 0.3) is 0 Å². The summed E-state index contributed by atoms with van der Waals surface area (Å²) in [6, 6.07) is 0. The Kier molecular flexibility index (Phi) is 12.8. The molecule has 0 amide bonds. The predicted molar refractivity (Wildman–Crippen MR) is 202 cm³/mol. The molecule has 3 aliphatic rings. The van der Waals surface area contributed by atoms with Gasteiger partial charge in [0.25, 0.3) is 0 Å². The Hall–Kier alpha value is -0.506. The van der Waals surface area contributed by atoms with Crippen molar-refractivity contribution < 1.29 is 19.1 Å². The molecule has 4 nitrogen and oxygen atoms in total. The van der Waals surface area contributed by atoms with Crippen molar-refractivity contribution in [1.29, 1.82) is 0 Å². The van der Waals surface area contributed by atoms with Crippen molar-refractivity contribution in [3.63, 3.8) is 0 Å². The van der Waals surface area contributed by atoms with Crippen LogP contribution in [0, 0.1) is 23.2 Å². The molecule has 0 saturated heterocycles. The number of rotatable bonds is 11. The number of aliphatic hydroxyl groups excluding tert-OH is 1. The van der Waals surface area contributed by atoms with E-state index in [1.54, 1.807) is 5.57 Å². The molecule has 0 aromatic rings. The molecule has 0 radical (unpaired) electrons. The van der Waals surface area contributed by atoms with Crippen LogP contribution in [-0.4, -0.2) is 51.3 Å². The largest absolute Gasteiger partial charge is 0.410 e. The van der Waals surface area contributed by atoms with Crippen molar-refractivity contribution >= 4 is 16.6 Å². The highest BCUT2D eigenvalue weighted by atomic mass is 28.4. The average molecular weight is 675 g/mol. The molecule has 3 aliphatic carbocycles. The van der Waals surface area contributed by atoms with Gasteiger partial charge in [-0.05, 0) is 130 Å². The smallest absolute Gasteiger partial charge is 0.192 e. The van der Waals surface area contributed by atoms with E-state index in [-0.39, 0.29) is 28.9 Å². The van der Waals surface area contributed by atoms with Gasteiger partial charge in [-0.2, -0.15) is 0 Å². The number of hydrogen-bond donors (Lipinski definition) is 2. The van der Waals surface area contributed by atoms with Crippen molar-refractivity contribution in [1.82, 2.24) is 0 Å². The second-order valence-electron chi connectivity index (χ2n) is 19.4. The summed E-state index contributed by atoms with van der Waals surface area (Å²) in [5, 5.41) is 20.6. The van der Waals surface area contributed by atoms with Gasteiger partial charge in [0, 0.05) is 0 Å². The molecule has 0 aromatic carbocycles. The second-order valence-corrected chi connectivity index (χ2v) is 28.9. The molecule has 3 unspecified atom stereocenters. The molecule has 0 aliphatic heterocycles. The van der Waals surface area contributed by atoms with E-state index < -0.39 is 22.2 Å². The summed E-state index contributed by atoms with van der Waals surface area (Å²) in [5.41, 5.74) is 4.06. The van der Waals surface area contributed by atoms with Crippen molar-refractivity contribution in [2.75, 3.05) is 6.61 Å². The van der Waals surface area contributed by atoms with Crippen molar-refractivity contribution in [2.24, 2.45) is 23.2 Å². The van der Waals surface area contributed by atoms with Crippen LogP contribution in [0.3, 0.4) is 0 Å². The normalized spacial score (nSPS) is 30.0. The Morgan fingerprint density at radius 1 is 0.891 bits per heavy atom. The van der Waals surface area contributed by atoms with E-state index >= 15 is 0 Å². The molecular formula is C40H74O4Si2. The van der Waals surface area contributed by atoms with Crippen LogP contribution < -0.4 is 0 Å². The lowest BCUT2D eigenvalue weighted by Crippen LogP contribution is -2.50. The highest BCUT2D eigenvalue weighted by Crippen LogP contribution is 2.60. The molecule has 266 valence electrons. The fourth-order valence-corrected chi connectivity index (χ4v) is 10.9. The number of allylic oxidation sites excluding steroid dienone is 3. The van der Waals surface area contributed by atoms with Crippen molar-refractivity contribution in [2.45, 2.75) is 188 Å². The summed E-state index contributed by atoms with van der Waals surface area (Å²) >= 11 is 0. The number of fused-ring (bicyclic) bond motifs is 1. The lowest BCUT2D eigenvalue weighted by Gasteiger charge is -2.46. The molecule has 0 spiro atoms. The van der Waals surface area contributed by atoms with Gasteiger partial charge in [0.05, 0.1) is 24.4 Å². The lowest BCUT2D eigenvalue weighted by molar-refractivity contribution is 0.0596. The molecule has 0 aromatic heterocycles. The summed E-state index contributed by atoms with van der Waals surface area (Å²) in [7, 11) is -4.13. The van der Waals surface area contributed by atoms with Gasteiger partial charge in [-0.25, -0.2) is 0 Å². The molecule has 2 N–H and O–H groups in total. The molecule has 46 heavy (non-hydrogen) atoms. The van der Waals surface area contributed by atoms with Crippen LogP contribution in [0.5, 0.6) is 0 Å². The first-order valence-corrected chi connectivity index (χ1v) is 24.5. The molecule has 3 rings (SSSR count). The first kappa shape index (κ1) is 39.9. The van der Waals surface area contributed by atoms with Gasteiger partial charge < -0.3 is 19.1 Å². The zero-order valence-electron chi connectivity index (χ0n) is 32.6. The van der Waals surface area contributed by atoms with Crippen LogP contribution >= 0.6 is 0 Å². The summed E-state index contributed by atoms with van der Waals surface area (Å²) in [4.78, 5) is 0. The van der Waals surface area contributed by atoms with E-state index in [4.69, 9.17) is 8.85 Å². The quantitative estimate of drug-likeness (QED) is 0.169. The van der Waals surface area contributed by atoms with Crippen LogP contribution in [-0.2, 0) is 8.85 Å². The number of aliphatic hydroxyl groups is 2. The maximum Gasteiger partial charge on any atom is 0.192 e. The van der Waals surface area contributed by atoms with Crippen molar-refractivity contribution in [3.8, 4) is 0 Å². The van der Waals surface area contributed by atoms with Crippen LogP contribution in [0.15, 0.2) is 34.9 Å². The Morgan fingerprint density at radius 2 is 1.43 bits per heavy atom. The van der Waals surface area contributed by atoms with Crippen LogP contribution in [0.2, 0.25) is 36.3 Å². The second kappa shape index (κ2) is 14.8. The monoisotopic (exact) mass is 675 g/mol. The van der Waals surface area contributed by atoms with E-state index in [0.29, 0.717) is 17.3 Å². The fraction of sp³-hybridized carbons (Fsp3) is 0.850. The van der Waals surface area contributed by atoms with E-state index in [0.717, 1.165) is 37.2 Å². The first-order valence-electron chi connectivity index (χ1n) is 18.7. The standard InChI is InChI=1S/C40H74O4Si2/c1-29(17-15-24-39(8,9)42)33-21-22-34-31(18-16-25-40(33,34)10)20-19-30-27-35(43-45(11,12)37(2,3)4)32(23-26-41)36(28-30)44-46(13,14)38(5,6)7/h19-20,23,29,33-36,41-42H,15-18,21-22,24-28H2,1-14H3/t29-,33?,34?,35+,36+,40?/m0/s1. The third kappa shape index (κ3) is 9.59. The van der Waals surface area contributed by atoms with Crippen molar-refractivity contribution in [3.05, 3.63) is 34.9 Å². The predicted octanol–water partition coefficient (Wildman–Crippen LogP) is 11.1. The van der Waals surface area contributed by atoms with Gasteiger partial charge in [-0.15, -0.1) is 0 Å². The summed E-state index contributed by atoms with van der Waals surface area (Å²) in [6.45, 7) is 32.2. The minimum Gasteiger partial charge on any atom is -0.410 e. The zero-order chi connectivity index (χ0) is 34.9. The highest BCUT2D eigenvalue weighted by molar-refractivity contribution is 6.74. The van der Waals surface area contributed by atoms with Gasteiger partial charge >= 0.3 is 0 Å². The maximum atomic E-state index is 10.3. The summed E-state index contributed by atoms with van der Waals surface area (Å²) in [6.07, 6.45) is 18.3. The van der Waals surface area contributed by atoms with Crippen LogP contribution in [0.1, 0.15) is 133 Å². The highest BCUT2D eigenvalue weighted by Gasteiger charge is 2.51. The van der Waals surface area contributed by atoms with E-state index in [1.807, 2.05) is 19.9 Å². The fourth-order valence-electron chi connectivity index (χ4n) is 8.29. The molecule has 0 heterocycles. The maximum absolute atomic E-state index is 10.3. The lowest BCUT2D eigenvalue weighted by atomic mass is 9.60. The molecule has 6 heteroatoms. The minimum atomic E-state index is -2.06. The first-order chi connectivity index (χ1) is 20.9. The number of hydrogen-bond acceptors (Lipinski definition) is 4. The Bertz CT molecular complexity index is 1070. The topological polar surface area (TPSA) is 58.9 Å². The van der Waals surface area contributed by atoms with Gasteiger partial charge in [0.15, 0.2) is 16.6 Å². The van der Waals surface area contributed by atoms with Gasteiger partial charge in [0.1, 0.15) is 0 Å². The van der Waals surface area contributed by atoms with E-state index in [2.05, 4.69) is 93.7 Å². The molecule has 3 saturated carbocycles. The molecule has 0 bridgehead atoms.